The first kappa shape index (κ1) is 17.2. The van der Waals surface area contributed by atoms with Gasteiger partial charge in [-0.3, -0.25) is 9.59 Å². The van der Waals surface area contributed by atoms with E-state index in [1.165, 1.54) is 0 Å². The molecule has 7 nitrogen and oxygen atoms in total. The van der Waals surface area contributed by atoms with Crippen LogP contribution in [0.1, 0.15) is 12.5 Å². The lowest BCUT2D eigenvalue weighted by atomic mass is 10.1. The van der Waals surface area contributed by atoms with Gasteiger partial charge in [-0.2, -0.15) is 0 Å². The fourth-order valence-electron chi connectivity index (χ4n) is 2.90. The smallest absolute Gasteiger partial charge is 0.249 e. The zero-order chi connectivity index (χ0) is 17.6. The van der Waals surface area contributed by atoms with Crippen LogP contribution in [0.4, 0.5) is 0 Å². The topological polar surface area (TPSA) is 76.5 Å². The highest BCUT2D eigenvalue weighted by Gasteiger charge is 2.34. The third kappa shape index (κ3) is 4.45. The number of hydrogen-bond donors (Lipinski definition) is 1. The van der Waals surface area contributed by atoms with Gasteiger partial charge in [-0.25, -0.2) is 4.98 Å². The summed E-state index contributed by atoms with van der Waals surface area (Å²) in [4.78, 5) is 30.5. The number of morpholine rings is 1. The molecule has 25 heavy (non-hydrogen) atoms. The second-order valence-electron chi connectivity index (χ2n) is 6.21. The lowest BCUT2D eigenvalue weighted by Gasteiger charge is -2.35. The highest BCUT2D eigenvalue weighted by molar-refractivity contribution is 5.89. The van der Waals surface area contributed by atoms with Gasteiger partial charge in [0.05, 0.1) is 12.9 Å². The Morgan fingerprint density at radius 3 is 2.92 bits per heavy atom. The van der Waals surface area contributed by atoms with Crippen LogP contribution in [0, 0.1) is 0 Å². The molecule has 3 rings (SSSR count). The number of carbonyl (C=O) groups excluding carboxylic acids is 2. The molecule has 132 valence electrons. The normalized spacial score (nSPS) is 18.8. The maximum Gasteiger partial charge on any atom is 0.249 e. The van der Waals surface area contributed by atoms with Crippen LogP contribution in [0.3, 0.4) is 0 Å². The summed E-state index contributed by atoms with van der Waals surface area (Å²) in [6.07, 6.45) is 5.25. The minimum Gasteiger partial charge on any atom is -0.369 e. The van der Waals surface area contributed by atoms with E-state index >= 15 is 0 Å². The molecule has 0 unspecified atom stereocenters. The van der Waals surface area contributed by atoms with Gasteiger partial charge in [-0.1, -0.05) is 30.3 Å². The molecule has 1 fully saturated rings. The van der Waals surface area contributed by atoms with Crippen molar-refractivity contribution in [3.8, 4) is 0 Å². The van der Waals surface area contributed by atoms with Crippen LogP contribution in [-0.4, -0.2) is 51.6 Å². The maximum atomic E-state index is 12.7. The third-order valence-corrected chi connectivity index (χ3v) is 4.13. The summed E-state index contributed by atoms with van der Waals surface area (Å²) in [5, 5.41) is 2.96. The van der Waals surface area contributed by atoms with Gasteiger partial charge in [0, 0.05) is 31.5 Å². The quantitative estimate of drug-likeness (QED) is 0.843. The molecule has 7 heteroatoms. The molecular weight excluding hydrogens is 320 g/mol. The van der Waals surface area contributed by atoms with Gasteiger partial charge in [-0.15, -0.1) is 0 Å². The molecule has 1 aliphatic rings. The van der Waals surface area contributed by atoms with Crippen LogP contribution in [0.5, 0.6) is 0 Å². The summed E-state index contributed by atoms with van der Waals surface area (Å²) in [6.45, 7) is 3.16. The molecule has 0 saturated carbocycles. The van der Waals surface area contributed by atoms with Crippen LogP contribution in [0.2, 0.25) is 0 Å². The van der Waals surface area contributed by atoms with E-state index in [4.69, 9.17) is 4.74 Å². The van der Waals surface area contributed by atoms with E-state index < -0.39 is 6.04 Å². The molecule has 1 saturated heterocycles. The molecular formula is C18H22N4O3. The van der Waals surface area contributed by atoms with E-state index in [-0.39, 0.29) is 31.1 Å². The predicted octanol–water partition coefficient (Wildman–Crippen LogP) is 0.815. The number of carbonyl (C=O) groups is 2. The molecule has 1 N–H and O–H groups in total. The van der Waals surface area contributed by atoms with Crippen LogP contribution < -0.4 is 5.32 Å². The summed E-state index contributed by atoms with van der Waals surface area (Å²) in [5.74, 6) is -0.367. The molecule has 2 atom stereocenters. The number of imidazole rings is 1. The van der Waals surface area contributed by atoms with Crippen LogP contribution in [-0.2, 0) is 27.4 Å². The summed E-state index contributed by atoms with van der Waals surface area (Å²) in [5.41, 5.74) is 0.988. The SMILES string of the molecule is C[C@H](Cn1ccnc1)NC(=O)[C@@H]1COCC(=O)N1Cc1ccccc1. The van der Waals surface area contributed by atoms with Crippen molar-refractivity contribution in [1.29, 1.82) is 0 Å². The van der Waals surface area contributed by atoms with Crippen LogP contribution >= 0.6 is 0 Å². The fourth-order valence-corrected chi connectivity index (χ4v) is 2.90. The van der Waals surface area contributed by atoms with Gasteiger partial charge in [0.25, 0.3) is 0 Å². The molecule has 1 aromatic carbocycles. The first-order chi connectivity index (χ1) is 12.1. The zero-order valence-electron chi connectivity index (χ0n) is 14.2. The Hall–Kier alpha value is -2.67. The Morgan fingerprint density at radius 2 is 2.20 bits per heavy atom. The molecule has 0 radical (unpaired) electrons. The third-order valence-electron chi connectivity index (χ3n) is 4.13. The number of amides is 2. The molecule has 1 aromatic heterocycles. The van der Waals surface area contributed by atoms with Crippen molar-refractivity contribution >= 4 is 11.8 Å². The van der Waals surface area contributed by atoms with E-state index in [9.17, 15) is 9.59 Å². The van der Waals surface area contributed by atoms with Crippen LogP contribution in [0.15, 0.2) is 49.1 Å². The molecule has 0 spiro atoms. The Balaban J connectivity index is 1.64. The molecule has 2 heterocycles. The number of hydrogen-bond acceptors (Lipinski definition) is 4. The number of nitrogens with one attached hydrogen (secondary N) is 1. The highest BCUT2D eigenvalue weighted by atomic mass is 16.5. The fraction of sp³-hybridized carbons (Fsp3) is 0.389. The van der Waals surface area contributed by atoms with Crippen molar-refractivity contribution in [3.05, 3.63) is 54.6 Å². The summed E-state index contributed by atoms with van der Waals surface area (Å²) in [6, 6.07) is 8.94. The molecule has 2 aromatic rings. The second-order valence-corrected chi connectivity index (χ2v) is 6.21. The summed E-state index contributed by atoms with van der Waals surface area (Å²) < 4.78 is 7.20. The standard InChI is InChI=1S/C18H22N4O3/c1-14(9-21-8-7-19-13-21)20-18(24)16-11-25-12-17(23)22(16)10-15-5-3-2-4-6-15/h2-8,13-14,16H,9-12H2,1H3,(H,20,24)/t14-,16+/m1/s1. The maximum absolute atomic E-state index is 12.7. The van der Waals surface area contributed by atoms with Crippen LogP contribution in [0.25, 0.3) is 0 Å². The van der Waals surface area contributed by atoms with Crippen molar-refractivity contribution in [2.24, 2.45) is 0 Å². The molecule has 0 aliphatic carbocycles. The average molecular weight is 342 g/mol. The summed E-state index contributed by atoms with van der Waals surface area (Å²) >= 11 is 0. The number of benzene rings is 1. The van der Waals surface area contributed by atoms with Gasteiger partial charge in [0.2, 0.25) is 11.8 Å². The predicted molar refractivity (Wildman–Crippen MR) is 91.4 cm³/mol. The molecule has 0 bridgehead atoms. The Bertz CT molecular complexity index is 702. The first-order valence-electron chi connectivity index (χ1n) is 8.30. The van der Waals surface area contributed by atoms with E-state index in [1.807, 2.05) is 48.0 Å². The largest absolute Gasteiger partial charge is 0.369 e. The van der Waals surface area contributed by atoms with E-state index in [0.717, 1.165) is 5.56 Å². The number of aromatic nitrogens is 2. The van der Waals surface area contributed by atoms with Crippen molar-refractivity contribution in [2.45, 2.75) is 32.1 Å². The van der Waals surface area contributed by atoms with Crippen molar-refractivity contribution in [3.63, 3.8) is 0 Å². The Morgan fingerprint density at radius 1 is 1.40 bits per heavy atom. The Labute approximate surface area is 146 Å². The molecule has 1 aliphatic heterocycles. The molecule has 2 amide bonds. The monoisotopic (exact) mass is 342 g/mol. The van der Waals surface area contributed by atoms with Crippen molar-refractivity contribution in [2.75, 3.05) is 13.2 Å². The van der Waals surface area contributed by atoms with Crippen molar-refractivity contribution in [1.82, 2.24) is 19.8 Å². The lowest BCUT2D eigenvalue weighted by molar-refractivity contribution is -0.155. The summed E-state index contributed by atoms with van der Waals surface area (Å²) in [7, 11) is 0. The minimum absolute atomic E-state index is 0.0151. The van der Waals surface area contributed by atoms with Gasteiger partial charge >= 0.3 is 0 Å². The van der Waals surface area contributed by atoms with Gasteiger partial charge in [0.15, 0.2) is 0 Å². The van der Waals surface area contributed by atoms with Gasteiger partial charge in [0.1, 0.15) is 12.6 Å². The first-order valence-corrected chi connectivity index (χ1v) is 8.30. The van der Waals surface area contributed by atoms with Crippen molar-refractivity contribution < 1.29 is 14.3 Å². The van der Waals surface area contributed by atoms with Gasteiger partial charge < -0.3 is 19.5 Å². The average Bonchev–Trinajstić information content (AvgIpc) is 3.10. The second kappa shape index (κ2) is 7.94. The number of ether oxygens (including phenoxy) is 1. The number of nitrogens with zero attached hydrogens (tertiary/aromatic N) is 3. The minimum atomic E-state index is -0.619. The lowest BCUT2D eigenvalue weighted by Crippen LogP contribution is -2.57. The number of rotatable bonds is 6. The van der Waals surface area contributed by atoms with E-state index in [0.29, 0.717) is 13.1 Å². The Kier molecular flexibility index (Phi) is 5.45. The highest BCUT2D eigenvalue weighted by Crippen LogP contribution is 2.14. The van der Waals surface area contributed by atoms with Gasteiger partial charge in [-0.05, 0) is 12.5 Å². The van der Waals surface area contributed by atoms with E-state index in [1.54, 1.807) is 17.4 Å². The van der Waals surface area contributed by atoms with E-state index in [2.05, 4.69) is 10.3 Å². The zero-order valence-corrected chi connectivity index (χ0v) is 14.2.